The molecule has 2 aromatic heterocycles. The zero-order valence-electron chi connectivity index (χ0n) is 37.7. The number of nitrogen functional groups attached to an aromatic ring is 1. The molecule has 4 aromatic carbocycles. The Bertz CT molecular complexity index is 3150. The predicted octanol–water partition coefficient (Wildman–Crippen LogP) is 8.55. The summed E-state index contributed by atoms with van der Waals surface area (Å²) < 4.78 is 74.9. The molecular weight excluding hydrogens is 987 g/mol. The smallest absolute Gasteiger partial charge is 0.308 e. The minimum absolute atomic E-state index is 0.0498. The van der Waals surface area contributed by atoms with Gasteiger partial charge in [0.1, 0.15) is 48.9 Å². The van der Waals surface area contributed by atoms with Crippen LogP contribution in [-0.4, -0.2) is 69.3 Å². The molecule has 0 atom stereocenters. The minimum atomic E-state index is -3.66. The van der Waals surface area contributed by atoms with E-state index >= 15 is 0 Å². The summed E-state index contributed by atoms with van der Waals surface area (Å²) in [6.45, 7) is 2.36. The lowest BCUT2D eigenvalue weighted by molar-refractivity contribution is 0.170. The second kappa shape index (κ2) is 21.2. The van der Waals surface area contributed by atoms with Crippen LogP contribution < -0.4 is 29.4 Å². The fourth-order valence-electron chi connectivity index (χ4n) is 8.64. The van der Waals surface area contributed by atoms with Crippen molar-refractivity contribution in [1.29, 1.82) is 10.5 Å². The van der Waals surface area contributed by atoms with Gasteiger partial charge in [-0.1, -0.05) is 54.1 Å². The molecule has 0 aliphatic heterocycles. The molecule has 0 spiro atoms. The minimum Gasteiger partial charge on any atom is -0.492 e. The molecule has 21 heteroatoms. The zero-order valence-corrected chi connectivity index (χ0v) is 41.6. The number of nitrogens with zero attached hydrogens (tertiary/aromatic N) is 5. The van der Waals surface area contributed by atoms with Crippen LogP contribution in [0.2, 0.25) is 5.02 Å². The molecule has 0 amide bonds. The largest absolute Gasteiger partial charge is 0.492 e. The number of nitrogens with one attached hydrogen (secondary N) is 2. The number of nitriles is 2. The normalized spacial score (nSPS) is 16.7. The van der Waals surface area contributed by atoms with Gasteiger partial charge < -0.3 is 24.4 Å². The van der Waals surface area contributed by atoms with E-state index in [2.05, 4.69) is 54.7 Å². The van der Waals surface area contributed by atoms with E-state index in [1.807, 2.05) is 55.5 Å². The van der Waals surface area contributed by atoms with Crippen molar-refractivity contribution in [3.63, 3.8) is 0 Å². The van der Waals surface area contributed by atoms with Crippen LogP contribution in [-0.2, 0) is 50.3 Å². The number of nitrogens with two attached hydrogens (primary N) is 1. The number of aryl methyl sites for hydroxylation is 3. The van der Waals surface area contributed by atoms with E-state index in [-0.39, 0.29) is 53.2 Å². The van der Waals surface area contributed by atoms with E-state index in [1.165, 1.54) is 12.3 Å². The maximum atomic E-state index is 11.8. The molecule has 1 fully saturated rings. The number of hydrogen-bond acceptors (Lipinski definition) is 14. The van der Waals surface area contributed by atoms with Gasteiger partial charge in [0.2, 0.25) is 26.0 Å². The molecule has 1 saturated carbocycles. The first-order chi connectivity index (χ1) is 32.9. The number of oxazole rings is 1. The number of aromatic nitrogens is 3. The summed E-state index contributed by atoms with van der Waals surface area (Å²) in [5, 5.41) is 21.2. The van der Waals surface area contributed by atoms with Crippen LogP contribution in [0.4, 0.5) is 17.8 Å². The van der Waals surface area contributed by atoms with Crippen LogP contribution >= 0.6 is 34.8 Å². The number of halogens is 3. The Morgan fingerprint density at radius 1 is 0.725 bits per heavy atom. The summed E-state index contributed by atoms with van der Waals surface area (Å²) in [5.41, 5.74) is 11.3. The van der Waals surface area contributed by atoms with E-state index in [0.717, 1.165) is 45.9 Å². The third-order valence-corrected chi connectivity index (χ3v) is 13.4. The number of benzene rings is 4. The molecule has 4 N–H and O–H groups in total. The molecule has 2 heterocycles. The quantitative estimate of drug-likeness (QED) is 0.0452. The molecule has 1 aliphatic carbocycles. The molecule has 16 nitrogen and oxygen atoms in total. The fraction of sp³-hybridized carbons (Fsp3) is 0.312. The zero-order chi connectivity index (χ0) is 49.6. The van der Waals surface area contributed by atoms with Crippen molar-refractivity contribution in [3.05, 3.63) is 146 Å². The van der Waals surface area contributed by atoms with Gasteiger partial charge in [-0.25, -0.2) is 26.5 Å². The average molecular weight is 1030 g/mol. The number of ether oxygens (including phenoxy) is 3. The Hall–Kier alpha value is -6.28. The average Bonchev–Trinajstić information content (AvgIpc) is 3.73. The molecule has 0 unspecified atom stereocenters. The highest BCUT2D eigenvalue weighted by Crippen LogP contribution is 2.64. The monoisotopic (exact) mass is 1030 g/mol. The summed E-state index contributed by atoms with van der Waals surface area (Å²) in [6.07, 6.45) is 6.03. The maximum Gasteiger partial charge on any atom is 0.308 e. The van der Waals surface area contributed by atoms with Gasteiger partial charge >= 0.3 is 6.01 Å². The maximum absolute atomic E-state index is 11.8. The van der Waals surface area contributed by atoms with Crippen molar-refractivity contribution < 1.29 is 35.5 Å². The van der Waals surface area contributed by atoms with E-state index in [1.54, 1.807) is 6.07 Å². The number of sulfonamides is 2. The summed E-state index contributed by atoms with van der Waals surface area (Å²) in [7, 11) is -7.22. The highest BCUT2D eigenvalue weighted by molar-refractivity contribution is 7.92. The van der Waals surface area contributed by atoms with Gasteiger partial charge in [0.25, 0.3) is 0 Å². The van der Waals surface area contributed by atoms with Crippen molar-refractivity contribution in [3.8, 4) is 29.4 Å². The van der Waals surface area contributed by atoms with E-state index < -0.39 is 30.9 Å². The standard InChI is InChI=1S/C48H47Cl3N8O8S2/c1-30-19-36(20-32(24-52)43(30)64-17-4-15-49)47(34-8-5-31(6-9-34)7-12-38-26-67-46(56-38)59-69(3,62)63)28-48(29-47,37-21-33(25-53)44(41(51)22-37)65-18-16-50)35-10-13-40(14-11-35)66-27-39-23-42(54)57-45(55-39)58-68(2,60)61/h5-6,8-11,13-14,19-23,26H,4,7,12,15-18,27-29H2,1-3H3,(H,56,59)(H3,54,55,57,58). The molecule has 0 bridgehead atoms. The number of hydrogen-bond donors (Lipinski definition) is 3. The number of alkyl halides is 2. The summed E-state index contributed by atoms with van der Waals surface area (Å²) in [5.74, 6) is 1.69. The molecular formula is C48H47Cl3N8O8S2. The van der Waals surface area contributed by atoms with Crippen LogP contribution in [0.15, 0.2) is 89.5 Å². The Morgan fingerprint density at radius 3 is 1.94 bits per heavy atom. The third-order valence-electron chi connectivity index (χ3n) is 11.6. The van der Waals surface area contributed by atoms with Gasteiger partial charge in [-0.3, -0.25) is 4.72 Å². The first kappa shape index (κ1) is 50.6. The highest BCUT2D eigenvalue weighted by atomic mass is 35.5. The van der Waals surface area contributed by atoms with Gasteiger partial charge in [-0.15, -0.1) is 23.2 Å². The molecule has 0 radical (unpaired) electrons. The van der Waals surface area contributed by atoms with Crippen molar-refractivity contribution in [2.45, 2.75) is 56.5 Å². The van der Waals surface area contributed by atoms with Gasteiger partial charge in [-0.2, -0.15) is 20.5 Å². The summed E-state index contributed by atoms with van der Waals surface area (Å²) in [6, 6.07) is 29.4. The SMILES string of the molecule is Cc1cc(C2(c3ccc(CCc4coc(NS(C)(=O)=O)n4)cc3)CC(c3ccc(OCc4cc(N)nc(NS(C)(=O)=O)n4)cc3)(c3cc(Cl)c(OCCCl)c(C#N)c3)C2)cc(C#N)c1OCCCCl. The third kappa shape index (κ3) is 12.0. The van der Waals surface area contributed by atoms with Crippen LogP contribution in [0, 0.1) is 29.6 Å². The molecule has 1 aliphatic rings. The van der Waals surface area contributed by atoms with Crippen LogP contribution in [0.25, 0.3) is 0 Å². The van der Waals surface area contributed by atoms with Crippen LogP contribution in [0.1, 0.15) is 75.2 Å². The van der Waals surface area contributed by atoms with Crippen molar-refractivity contribution in [2.24, 2.45) is 0 Å². The van der Waals surface area contributed by atoms with Gasteiger partial charge in [0.15, 0.2) is 5.75 Å². The lowest BCUT2D eigenvalue weighted by Crippen LogP contribution is -2.54. The second-order valence-electron chi connectivity index (χ2n) is 16.7. The Morgan fingerprint density at radius 2 is 1.33 bits per heavy atom. The fourth-order valence-corrected chi connectivity index (χ4v) is 9.94. The topological polar surface area (TPSA) is 245 Å². The summed E-state index contributed by atoms with van der Waals surface area (Å²) in [4.78, 5) is 12.4. The Labute approximate surface area is 415 Å². The molecule has 360 valence electrons. The van der Waals surface area contributed by atoms with Gasteiger partial charge in [0, 0.05) is 22.8 Å². The second-order valence-corrected chi connectivity index (χ2v) is 21.3. The van der Waals surface area contributed by atoms with Crippen LogP contribution in [0.3, 0.4) is 0 Å². The van der Waals surface area contributed by atoms with E-state index in [0.29, 0.717) is 73.0 Å². The Balaban J connectivity index is 1.29. The number of anilines is 3. The molecule has 7 rings (SSSR count). The van der Waals surface area contributed by atoms with E-state index in [4.69, 9.17) is 59.2 Å². The first-order valence-corrected chi connectivity index (χ1v) is 26.6. The van der Waals surface area contributed by atoms with Crippen molar-refractivity contribution in [1.82, 2.24) is 15.0 Å². The van der Waals surface area contributed by atoms with Gasteiger partial charge in [-0.05, 0) is 103 Å². The van der Waals surface area contributed by atoms with Gasteiger partial charge in [0.05, 0.1) is 52.5 Å². The lowest BCUT2D eigenvalue weighted by Gasteiger charge is -2.58. The Kier molecular flexibility index (Phi) is 15.5. The molecule has 6 aromatic rings. The van der Waals surface area contributed by atoms with E-state index in [9.17, 15) is 27.4 Å². The number of rotatable bonds is 21. The summed E-state index contributed by atoms with van der Waals surface area (Å²) >= 11 is 18.9. The predicted molar refractivity (Wildman–Crippen MR) is 264 cm³/mol. The highest BCUT2D eigenvalue weighted by Gasteiger charge is 2.58. The molecule has 0 saturated heterocycles. The first-order valence-electron chi connectivity index (χ1n) is 21.4. The van der Waals surface area contributed by atoms with Crippen molar-refractivity contribution >= 4 is 72.6 Å². The van der Waals surface area contributed by atoms with Crippen molar-refractivity contribution in [2.75, 3.05) is 52.7 Å². The lowest BCUT2D eigenvalue weighted by atomic mass is 9.44. The molecule has 69 heavy (non-hydrogen) atoms. The van der Waals surface area contributed by atoms with Crippen LogP contribution in [0.5, 0.6) is 17.2 Å².